The fraction of sp³-hybridized carbons (Fsp3) is 0.417. The SMILES string of the molecule is CN1CC2CNCC(=O)N2c2cccc(F)c21. The van der Waals surface area contributed by atoms with Gasteiger partial charge in [0.25, 0.3) is 0 Å². The first kappa shape index (κ1) is 10.5. The van der Waals surface area contributed by atoms with Gasteiger partial charge in [0.05, 0.1) is 24.0 Å². The molecule has 2 aliphatic rings. The standard InChI is InChI=1S/C12H14FN3O/c1-15-7-8-5-14-6-11(17)16(8)10-4-2-3-9(13)12(10)15/h2-4,8,14H,5-7H2,1H3. The Morgan fingerprint density at radius 3 is 3.12 bits per heavy atom. The van der Waals surface area contributed by atoms with E-state index in [4.69, 9.17) is 0 Å². The van der Waals surface area contributed by atoms with Gasteiger partial charge in [-0.05, 0) is 12.1 Å². The molecule has 3 rings (SSSR count). The molecule has 0 spiro atoms. The lowest BCUT2D eigenvalue weighted by molar-refractivity contribution is -0.119. The van der Waals surface area contributed by atoms with Crippen molar-refractivity contribution in [3.05, 3.63) is 24.0 Å². The van der Waals surface area contributed by atoms with E-state index >= 15 is 0 Å². The highest BCUT2D eigenvalue weighted by atomic mass is 19.1. The highest BCUT2D eigenvalue weighted by molar-refractivity contribution is 6.00. The van der Waals surface area contributed by atoms with E-state index in [1.54, 1.807) is 11.0 Å². The number of rotatable bonds is 0. The fourth-order valence-electron chi connectivity index (χ4n) is 2.69. The minimum absolute atomic E-state index is 0.0150. The van der Waals surface area contributed by atoms with Gasteiger partial charge in [-0.2, -0.15) is 0 Å². The van der Waals surface area contributed by atoms with Crippen molar-refractivity contribution in [3.8, 4) is 0 Å². The number of nitrogens with one attached hydrogen (secondary N) is 1. The largest absolute Gasteiger partial charge is 0.368 e. The Hall–Kier alpha value is -1.62. The number of para-hydroxylation sites is 1. The Labute approximate surface area is 99.0 Å². The normalized spacial score (nSPS) is 23.4. The molecule has 5 heteroatoms. The van der Waals surface area contributed by atoms with E-state index in [-0.39, 0.29) is 17.8 Å². The maximum Gasteiger partial charge on any atom is 0.241 e. The number of amides is 1. The number of fused-ring (bicyclic) bond motifs is 3. The van der Waals surface area contributed by atoms with E-state index in [1.165, 1.54) is 6.07 Å². The summed E-state index contributed by atoms with van der Waals surface area (Å²) in [4.78, 5) is 15.5. The molecule has 1 aromatic rings. The van der Waals surface area contributed by atoms with Crippen molar-refractivity contribution in [1.82, 2.24) is 5.32 Å². The Kier molecular flexibility index (Phi) is 2.29. The number of anilines is 2. The number of piperazine rings is 1. The number of carbonyl (C=O) groups is 1. The molecule has 1 N–H and O–H groups in total. The Bertz CT molecular complexity index is 477. The smallest absolute Gasteiger partial charge is 0.241 e. The predicted molar refractivity (Wildman–Crippen MR) is 63.8 cm³/mol. The van der Waals surface area contributed by atoms with Crippen LogP contribution in [0.2, 0.25) is 0 Å². The second kappa shape index (κ2) is 3.70. The molecule has 2 aliphatic heterocycles. The minimum atomic E-state index is -0.269. The van der Waals surface area contributed by atoms with E-state index < -0.39 is 0 Å². The first-order valence-electron chi connectivity index (χ1n) is 5.71. The number of halogens is 1. The molecule has 0 aliphatic carbocycles. The van der Waals surface area contributed by atoms with Crippen molar-refractivity contribution < 1.29 is 9.18 Å². The lowest BCUT2D eigenvalue weighted by Gasteiger charge is -2.44. The molecule has 0 radical (unpaired) electrons. The second-order valence-corrected chi connectivity index (χ2v) is 4.54. The van der Waals surface area contributed by atoms with Gasteiger partial charge >= 0.3 is 0 Å². The third-order valence-electron chi connectivity index (χ3n) is 3.38. The van der Waals surface area contributed by atoms with Crippen molar-refractivity contribution in [2.45, 2.75) is 6.04 Å². The first-order chi connectivity index (χ1) is 8.18. The molecule has 1 amide bonds. The van der Waals surface area contributed by atoms with Crippen LogP contribution in [0.4, 0.5) is 15.8 Å². The lowest BCUT2D eigenvalue weighted by Crippen LogP contribution is -2.61. The molecule has 1 saturated heterocycles. The molecular formula is C12H14FN3O. The second-order valence-electron chi connectivity index (χ2n) is 4.54. The van der Waals surface area contributed by atoms with E-state index in [0.29, 0.717) is 24.5 Å². The van der Waals surface area contributed by atoms with Gasteiger partial charge in [-0.25, -0.2) is 4.39 Å². The number of nitrogens with zero attached hydrogens (tertiary/aromatic N) is 2. The summed E-state index contributed by atoms with van der Waals surface area (Å²) in [6, 6.07) is 4.99. The topological polar surface area (TPSA) is 35.6 Å². The van der Waals surface area contributed by atoms with Crippen LogP contribution in [-0.4, -0.2) is 38.6 Å². The van der Waals surface area contributed by atoms with Gasteiger partial charge in [0.1, 0.15) is 5.82 Å². The van der Waals surface area contributed by atoms with Crippen LogP contribution in [0.3, 0.4) is 0 Å². The predicted octanol–water partition coefficient (Wildman–Crippen LogP) is 0.580. The maximum atomic E-state index is 13.8. The zero-order valence-corrected chi connectivity index (χ0v) is 9.61. The van der Waals surface area contributed by atoms with Gasteiger partial charge in [-0.1, -0.05) is 6.07 Å². The number of likely N-dealkylation sites (N-methyl/N-ethyl adjacent to an activating group) is 1. The molecule has 1 fully saturated rings. The molecule has 0 bridgehead atoms. The van der Waals surface area contributed by atoms with Crippen molar-refractivity contribution in [2.24, 2.45) is 0 Å². The Morgan fingerprint density at radius 2 is 2.29 bits per heavy atom. The number of hydrogen-bond acceptors (Lipinski definition) is 3. The molecule has 90 valence electrons. The molecule has 2 heterocycles. The van der Waals surface area contributed by atoms with Crippen LogP contribution in [0.1, 0.15) is 0 Å². The van der Waals surface area contributed by atoms with E-state index in [9.17, 15) is 9.18 Å². The maximum absolute atomic E-state index is 13.8. The van der Waals surface area contributed by atoms with Crippen LogP contribution in [0.15, 0.2) is 18.2 Å². The highest BCUT2D eigenvalue weighted by Crippen LogP contribution is 2.37. The number of hydrogen-bond donors (Lipinski definition) is 1. The average molecular weight is 235 g/mol. The average Bonchev–Trinajstić information content (AvgIpc) is 2.28. The Morgan fingerprint density at radius 1 is 1.47 bits per heavy atom. The molecular weight excluding hydrogens is 221 g/mol. The van der Waals surface area contributed by atoms with Gasteiger partial charge in [0, 0.05) is 20.1 Å². The van der Waals surface area contributed by atoms with Gasteiger partial charge in [-0.3, -0.25) is 4.79 Å². The molecule has 1 aromatic carbocycles. The first-order valence-corrected chi connectivity index (χ1v) is 5.71. The zero-order chi connectivity index (χ0) is 12.0. The molecule has 1 unspecified atom stereocenters. The lowest BCUT2D eigenvalue weighted by atomic mass is 10.0. The monoisotopic (exact) mass is 235 g/mol. The molecule has 0 saturated carbocycles. The zero-order valence-electron chi connectivity index (χ0n) is 9.61. The summed E-state index contributed by atoms with van der Waals surface area (Å²) in [7, 11) is 1.86. The van der Waals surface area contributed by atoms with Gasteiger partial charge < -0.3 is 15.1 Å². The summed E-state index contributed by atoms with van der Waals surface area (Å²) in [5.74, 6) is -0.254. The summed E-state index contributed by atoms with van der Waals surface area (Å²) >= 11 is 0. The van der Waals surface area contributed by atoms with Crippen LogP contribution in [0.5, 0.6) is 0 Å². The van der Waals surface area contributed by atoms with Crippen LogP contribution < -0.4 is 15.1 Å². The minimum Gasteiger partial charge on any atom is -0.368 e. The van der Waals surface area contributed by atoms with E-state index in [0.717, 1.165) is 6.54 Å². The summed E-state index contributed by atoms with van der Waals surface area (Å²) < 4.78 is 13.8. The van der Waals surface area contributed by atoms with E-state index in [2.05, 4.69) is 5.32 Å². The van der Waals surface area contributed by atoms with Crippen LogP contribution in [0.25, 0.3) is 0 Å². The fourth-order valence-corrected chi connectivity index (χ4v) is 2.69. The highest BCUT2D eigenvalue weighted by Gasteiger charge is 2.36. The van der Waals surface area contributed by atoms with Crippen molar-refractivity contribution in [2.75, 3.05) is 36.5 Å². The molecule has 1 atom stereocenters. The molecule has 17 heavy (non-hydrogen) atoms. The summed E-state index contributed by atoms with van der Waals surface area (Å²) in [6.45, 7) is 1.74. The van der Waals surface area contributed by atoms with Gasteiger partial charge in [0.15, 0.2) is 0 Å². The van der Waals surface area contributed by atoms with Gasteiger partial charge in [-0.15, -0.1) is 0 Å². The molecule has 0 aromatic heterocycles. The number of carbonyl (C=O) groups excluding carboxylic acids is 1. The quantitative estimate of drug-likeness (QED) is 0.714. The third-order valence-corrected chi connectivity index (χ3v) is 3.38. The summed E-state index contributed by atoms with van der Waals surface area (Å²) in [6.07, 6.45) is 0. The van der Waals surface area contributed by atoms with Crippen LogP contribution in [0, 0.1) is 5.82 Å². The van der Waals surface area contributed by atoms with Crippen molar-refractivity contribution in [1.29, 1.82) is 0 Å². The Balaban J connectivity index is 2.14. The summed E-state index contributed by atoms with van der Waals surface area (Å²) in [5, 5.41) is 3.09. The van der Waals surface area contributed by atoms with Gasteiger partial charge in [0.2, 0.25) is 5.91 Å². The third kappa shape index (κ3) is 1.50. The van der Waals surface area contributed by atoms with Crippen LogP contribution in [-0.2, 0) is 4.79 Å². The van der Waals surface area contributed by atoms with Crippen molar-refractivity contribution in [3.63, 3.8) is 0 Å². The number of benzene rings is 1. The molecule has 4 nitrogen and oxygen atoms in total. The van der Waals surface area contributed by atoms with Crippen LogP contribution >= 0.6 is 0 Å². The summed E-state index contributed by atoms with van der Waals surface area (Å²) in [5.41, 5.74) is 1.22. The van der Waals surface area contributed by atoms with E-state index in [1.807, 2.05) is 18.0 Å². The van der Waals surface area contributed by atoms with Crippen molar-refractivity contribution >= 4 is 17.3 Å².